The van der Waals surface area contributed by atoms with Gasteiger partial charge in [-0.2, -0.15) is 0 Å². The lowest BCUT2D eigenvalue weighted by Crippen LogP contribution is -2.25. The van der Waals surface area contributed by atoms with Crippen molar-refractivity contribution in [2.24, 2.45) is 0 Å². The predicted molar refractivity (Wildman–Crippen MR) is 78.8 cm³/mol. The number of benzene rings is 1. The molecule has 0 spiro atoms. The van der Waals surface area contributed by atoms with Gasteiger partial charge in [0.05, 0.1) is 11.1 Å². The summed E-state index contributed by atoms with van der Waals surface area (Å²) in [7, 11) is 0. The van der Waals surface area contributed by atoms with Crippen molar-refractivity contribution >= 4 is 28.4 Å². The van der Waals surface area contributed by atoms with E-state index in [4.69, 9.17) is 11.6 Å². The van der Waals surface area contributed by atoms with Gasteiger partial charge in [-0.25, -0.2) is 0 Å². The molecule has 0 radical (unpaired) electrons. The molecule has 2 aromatic rings. The first-order valence-electron chi connectivity index (χ1n) is 6.43. The number of fused-ring (bicyclic) bond motifs is 1. The van der Waals surface area contributed by atoms with Crippen molar-refractivity contribution in [1.82, 2.24) is 10.3 Å². The van der Waals surface area contributed by atoms with Crippen LogP contribution < -0.4 is 5.32 Å². The van der Waals surface area contributed by atoms with E-state index >= 15 is 0 Å². The van der Waals surface area contributed by atoms with Crippen molar-refractivity contribution in [3.63, 3.8) is 0 Å². The molecule has 0 saturated heterocycles. The maximum atomic E-state index is 12.2. The summed E-state index contributed by atoms with van der Waals surface area (Å²) in [5.41, 5.74) is 2.40. The largest absolute Gasteiger partial charge is 0.352 e. The Hall–Kier alpha value is -1.61. The maximum absolute atomic E-state index is 12.2. The highest BCUT2D eigenvalue weighted by Gasteiger charge is 2.10. The summed E-state index contributed by atoms with van der Waals surface area (Å²) in [6, 6.07) is 9.53. The SMILES string of the molecule is Cc1cc(C(=O)NCCCCCl)c2ccccc2n1. The highest BCUT2D eigenvalue weighted by Crippen LogP contribution is 2.18. The minimum atomic E-state index is -0.0451. The number of unbranched alkanes of at least 4 members (excludes halogenated alkanes) is 1. The van der Waals surface area contributed by atoms with Gasteiger partial charge < -0.3 is 5.32 Å². The molecular formula is C15H17ClN2O. The molecule has 3 nitrogen and oxygen atoms in total. The van der Waals surface area contributed by atoms with E-state index in [1.165, 1.54) is 0 Å². The number of hydrogen-bond acceptors (Lipinski definition) is 2. The van der Waals surface area contributed by atoms with Crippen molar-refractivity contribution in [3.05, 3.63) is 41.6 Å². The number of halogens is 1. The Balaban J connectivity index is 2.21. The minimum Gasteiger partial charge on any atom is -0.352 e. The van der Waals surface area contributed by atoms with E-state index in [1.54, 1.807) is 0 Å². The lowest BCUT2D eigenvalue weighted by molar-refractivity contribution is 0.0954. The van der Waals surface area contributed by atoms with Crippen LogP contribution in [-0.4, -0.2) is 23.3 Å². The van der Waals surface area contributed by atoms with E-state index in [9.17, 15) is 4.79 Å². The third kappa shape index (κ3) is 3.44. The van der Waals surface area contributed by atoms with Gasteiger partial charge in [0.1, 0.15) is 0 Å². The van der Waals surface area contributed by atoms with E-state index in [2.05, 4.69) is 10.3 Å². The first-order chi connectivity index (χ1) is 9.22. The van der Waals surface area contributed by atoms with Gasteiger partial charge >= 0.3 is 0 Å². The van der Waals surface area contributed by atoms with Gasteiger partial charge in [-0.05, 0) is 31.9 Å². The van der Waals surface area contributed by atoms with E-state index in [0.29, 0.717) is 18.0 Å². The number of hydrogen-bond donors (Lipinski definition) is 1. The first kappa shape index (κ1) is 13.8. The number of amides is 1. The highest BCUT2D eigenvalue weighted by atomic mass is 35.5. The van der Waals surface area contributed by atoms with Crippen LogP contribution >= 0.6 is 11.6 Å². The van der Waals surface area contributed by atoms with Crippen LogP contribution in [0.4, 0.5) is 0 Å². The summed E-state index contributed by atoms with van der Waals surface area (Å²) in [5, 5.41) is 3.82. The second kappa shape index (κ2) is 6.53. The average molecular weight is 277 g/mol. The third-order valence-electron chi connectivity index (χ3n) is 2.93. The zero-order valence-corrected chi connectivity index (χ0v) is 11.7. The fourth-order valence-electron chi connectivity index (χ4n) is 2.01. The molecule has 4 heteroatoms. The van der Waals surface area contributed by atoms with Crippen LogP contribution in [-0.2, 0) is 0 Å². The molecule has 100 valence electrons. The van der Waals surface area contributed by atoms with Crippen LogP contribution in [0.5, 0.6) is 0 Å². The molecule has 0 saturated carbocycles. The molecule has 0 fully saturated rings. The van der Waals surface area contributed by atoms with Crippen molar-refractivity contribution in [2.45, 2.75) is 19.8 Å². The highest BCUT2D eigenvalue weighted by molar-refractivity contribution is 6.17. The second-order valence-electron chi connectivity index (χ2n) is 4.48. The number of pyridine rings is 1. The summed E-state index contributed by atoms with van der Waals surface area (Å²) in [6.07, 6.45) is 1.81. The van der Waals surface area contributed by atoms with Crippen LogP contribution in [0.1, 0.15) is 28.9 Å². The van der Waals surface area contributed by atoms with Crippen LogP contribution in [0.15, 0.2) is 30.3 Å². The normalized spacial score (nSPS) is 10.6. The Morgan fingerprint density at radius 2 is 2.11 bits per heavy atom. The van der Waals surface area contributed by atoms with Gasteiger partial charge in [0.2, 0.25) is 0 Å². The zero-order valence-electron chi connectivity index (χ0n) is 10.9. The summed E-state index contributed by atoms with van der Waals surface area (Å²) in [4.78, 5) is 16.6. The lowest BCUT2D eigenvalue weighted by atomic mass is 10.1. The molecule has 0 bridgehead atoms. The molecule has 0 unspecified atom stereocenters. The van der Waals surface area contributed by atoms with Gasteiger partial charge in [0, 0.05) is 23.5 Å². The quantitative estimate of drug-likeness (QED) is 0.673. The van der Waals surface area contributed by atoms with Crippen LogP contribution in [0, 0.1) is 6.92 Å². The molecule has 1 heterocycles. The Morgan fingerprint density at radius 3 is 2.89 bits per heavy atom. The Bertz CT molecular complexity index is 583. The Morgan fingerprint density at radius 1 is 1.32 bits per heavy atom. The number of aromatic nitrogens is 1. The van der Waals surface area contributed by atoms with E-state index in [-0.39, 0.29) is 5.91 Å². The van der Waals surface area contributed by atoms with E-state index < -0.39 is 0 Å². The van der Waals surface area contributed by atoms with Crippen LogP contribution in [0.3, 0.4) is 0 Å². The van der Waals surface area contributed by atoms with Gasteiger partial charge in [0.25, 0.3) is 5.91 Å². The van der Waals surface area contributed by atoms with Crippen molar-refractivity contribution in [1.29, 1.82) is 0 Å². The predicted octanol–water partition coefficient (Wildman–Crippen LogP) is 3.29. The number of carbonyl (C=O) groups excluding carboxylic acids is 1. The molecule has 1 aromatic carbocycles. The van der Waals surface area contributed by atoms with Crippen LogP contribution in [0.25, 0.3) is 10.9 Å². The molecule has 2 rings (SSSR count). The van der Waals surface area contributed by atoms with Gasteiger partial charge in [-0.1, -0.05) is 18.2 Å². The Labute approximate surface area is 118 Å². The summed E-state index contributed by atoms with van der Waals surface area (Å²) >= 11 is 5.61. The summed E-state index contributed by atoms with van der Waals surface area (Å²) < 4.78 is 0. The summed E-state index contributed by atoms with van der Waals surface area (Å²) in [6.45, 7) is 2.55. The molecule has 1 aromatic heterocycles. The monoisotopic (exact) mass is 276 g/mol. The number of carbonyl (C=O) groups is 1. The number of nitrogens with zero attached hydrogens (tertiary/aromatic N) is 1. The first-order valence-corrected chi connectivity index (χ1v) is 6.96. The molecular weight excluding hydrogens is 260 g/mol. The topological polar surface area (TPSA) is 42.0 Å². The number of nitrogens with one attached hydrogen (secondary N) is 1. The summed E-state index contributed by atoms with van der Waals surface area (Å²) in [5.74, 6) is 0.587. The molecule has 19 heavy (non-hydrogen) atoms. The lowest BCUT2D eigenvalue weighted by Gasteiger charge is -2.08. The molecule has 0 atom stereocenters. The van der Waals surface area contributed by atoms with Crippen molar-refractivity contribution in [3.8, 4) is 0 Å². The van der Waals surface area contributed by atoms with E-state index in [0.717, 1.165) is 29.4 Å². The molecule has 0 aliphatic heterocycles. The fourth-order valence-corrected chi connectivity index (χ4v) is 2.20. The second-order valence-corrected chi connectivity index (χ2v) is 4.86. The number of aryl methyl sites for hydroxylation is 1. The van der Waals surface area contributed by atoms with E-state index in [1.807, 2.05) is 37.3 Å². The number of alkyl halides is 1. The van der Waals surface area contributed by atoms with Gasteiger partial charge in [-0.15, -0.1) is 11.6 Å². The molecule has 0 aliphatic carbocycles. The van der Waals surface area contributed by atoms with Crippen molar-refractivity contribution in [2.75, 3.05) is 12.4 Å². The number of rotatable bonds is 5. The molecule has 0 aliphatic rings. The van der Waals surface area contributed by atoms with Crippen molar-refractivity contribution < 1.29 is 4.79 Å². The average Bonchev–Trinajstić information content (AvgIpc) is 2.42. The Kier molecular flexibility index (Phi) is 4.74. The minimum absolute atomic E-state index is 0.0451. The third-order valence-corrected chi connectivity index (χ3v) is 3.20. The number of para-hydroxylation sites is 1. The smallest absolute Gasteiger partial charge is 0.252 e. The fraction of sp³-hybridized carbons (Fsp3) is 0.333. The zero-order chi connectivity index (χ0) is 13.7. The van der Waals surface area contributed by atoms with Crippen LogP contribution in [0.2, 0.25) is 0 Å². The molecule has 1 N–H and O–H groups in total. The van der Waals surface area contributed by atoms with Gasteiger partial charge in [0.15, 0.2) is 0 Å². The van der Waals surface area contributed by atoms with Gasteiger partial charge in [-0.3, -0.25) is 9.78 Å². The standard InChI is InChI=1S/C15H17ClN2O/c1-11-10-13(15(19)17-9-5-4-8-16)12-6-2-3-7-14(12)18-11/h2-3,6-7,10H,4-5,8-9H2,1H3,(H,17,19). The molecule has 1 amide bonds. The maximum Gasteiger partial charge on any atom is 0.252 e.